The van der Waals surface area contributed by atoms with Crippen molar-refractivity contribution in [2.45, 2.75) is 11.3 Å². The molecule has 33 heavy (non-hydrogen) atoms. The number of ether oxygens (including phenoxy) is 3. The number of fused-ring (bicyclic) bond motifs is 1. The molecule has 0 bridgehead atoms. The Balaban J connectivity index is 1.36. The highest BCUT2D eigenvalue weighted by molar-refractivity contribution is 7.89. The van der Waals surface area contributed by atoms with Crippen LogP contribution in [0.1, 0.15) is 16.8 Å². The molecule has 0 saturated carbocycles. The fraction of sp³-hybridized carbons (Fsp3) is 0.364. The van der Waals surface area contributed by atoms with Gasteiger partial charge in [-0.05, 0) is 24.3 Å². The molecule has 0 atom stereocenters. The number of benzene rings is 2. The lowest BCUT2D eigenvalue weighted by molar-refractivity contribution is -0.134. The number of hydrogen-bond donors (Lipinski definition) is 1. The van der Waals surface area contributed by atoms with Crippen LogP contribution >= 0.6 is 0 Å². The minimum absolute atomic E-state index is 0.123. The summed E-state index contributed by atoms with van der Waals surface area (Å²) >= 11 is 0. The Morgan fingerprint density at radius 3 is 2.39 bits per heavy atom. The van der Waals surface area contributed by atoms with Crippen molar-refractivity contribution in [2.24, 2.45) is 5.73 Å². The van der Waals surface area contributed by atoms with Gasteiger partial charge in [-0.2, -0.15) is 4.31 Å². The molecule has 1 saturated heterocycles. The minimum Gasteiger partial charge on any atom is -0.490 e. The number of nitrogens with two attached hydrogens (primary N) is 1. The molecule has 10 nitrogen and oxygen atoms in total. The Bertz CT molecular complexity index is 1140. The summed E-state index contributed by atoms with van der Waals surface area (Å²) in [7, 11) is -3.75. The third kappa shape index (κ3) is 5.04. The Hall–Kier alpha value is -3.31. The summed E-state index contributed by atoms with van der Waals surface area (Å²) in [5, 5.41) is 0. The van der Waals surface area contributed by atoms with Crippen LogP contribution in [0.5, 0.6) is 17.2 Å². The van der Waals surface area contributed by atoms with E-state index in [0.717, 1.165) is 6.42 Å². The summed E-state index contributed by atoms with van der Waals surface area (Å²) in [4.78, 5) is 25.7. The van der Waals surface area contributed by atoms with Crippen LogP contribution in [0.4, 0.5) is 0 Å². The number of para-hydroxylation sites is 1. The normalized spacial score (nSPS) is 16.7. The van der Waals surface area contributed by atoms with Crippen molar-refractivity contribution in [3.63, 3.8) is 0 Å². The van der Waals surface area contributed by atoms with Gasteiger partial charge in [0.2, 0.25) is 10.0 Å². The van der Waals surface area contributed by atoms with Gasteiger partial charge in [-0.1, -0.05) is 12.1 Å². The van der Waals surface area contributed by atoms with Crippen molar-refractivity contribution in [2.75, 3.05) is 46.0 Å². The predicted molar refractivity (Wildman–Crippen MR) is 118 cm³/mol. The van der Waals surface area contributed by atoms with Gasteiger partial charge >= 0.3 is 0 Å². The van der Waals surface area contributed by atoms with Gasteiger partial charge in [-0.25, -0.2) is 8.42 Å². The van der Waals surface area contributed by atoms with Gasteiger partial charge in [0, 0.05) is 38.7 Å². The molecule has 2 aliphatic rings. The smallest absolute Gasteiger partial charge is 0.260 e. The molecule has 2 aromatic carbocycles. The van der Waals surface area contributed by atoms with E-state index < -0.39 is 15.9 Å². The van der Waals surface area contributed by atoms with E-state index in [0.29, 0.717) is 24.7 Å². The average molecular weight is 476 g/mol. The Kier molecular flexibility index (Phi) is 6.70. The Morgan fingerprint density at radius 2 is 1.67 bits per heavy atom. The van der Waals surface area contributed by atoms with E-state index in [9.17, 15) is 18.0 Å². The van der Waals surface area contributed by atoms with E-state index in [1.165, 1.54) is 27.4 Å². The first-order valence-electron chi connectivity index (χ1n) is 10.6. The van der Waals surface area contributed by atoms with Gasteiger partial charge in [-0.15, -0.1) is 0 Å². The summed E-state index contributed by atoms with van der Waals surface area (Å²) in [5.41, 5.74) is 5.51. The van der Waals surface area contributed by atoms with Crippen molar-refractivity contribution in [3.8, 4) is 17.2 Å². The van der Waals surface area contributed by atoms with E-state index in [1.807, 2.05) is 0 Å². The van der Waals surface area contributed by atoms with Gasteiger partial charge in [0.25, 0.3) is 11.8 Å². The second-order valence-electron chi connectivity index (χ2n) is 7.59. The molecule has 0 radical (unpaired) electrons. The molecule has 2 amide bonds. The van der Waals surface area contributed by atoms with Crippen molar-refractivity contribution < 1.29 is 32.2 Å². The van der Waals surface area contributed by atoms with Crippen LogP contribution in [0.15, 0.2) is 47.4 Å². The zero-order chi connectivity index (χ0) is 23.4. The predicted octanol–water partition coefficient (Wildman–Crippen LogP) is 0.859. The number of primary amides is 1. The van der Waals surface area contributed by atoms with E-state index in [-0.39, 0.29) is 54.9 Å². The van der Waals surface area contributed by atoms with Crippen molar-refractivity contribution in [1.82, 2.24) is 9.21 Å². The van der Waals surface area contributed by atoms with Crippen molar-refractivity contribution in [1.29, 1.82) is 0 Å². The van der Waals surface area contributed by atoms with E-state index in [1.54, 1.807) is 24.3 Å². The lowest BCUT2D eigenvalue weighted by Gasteiger charge is -2.34. The van der Waals surface area contributed by atoms with Crippen molar-refractivity contribution >= 4 is 21.8 Å². The first-order chi connectivity index (χ1) is 15.9. The Morgan fingerprint density at radius 1 is 0.970 bits per heavy atom. The van der Waals surface area contributed by atoms with E-state index >= 15 is 0 Å². The van der Waals surface area contributed by atoms with E-state index in [2.05, 4.69) is 0 Å². The highest BCUT2D eigenvalue weighted by Gasteiger charge is 2.31. The molecule has 2 heterocycles. The largest absolute Gasteiger partial charge is 0.490 e. The molecule has 1 fully saturated rings. The number of hydrogen-bond acceptors (Lipinski definition) is 7. The molecular formula is C22H25N3O7S. The molecule has 2 aliphatic heterocycles. The fourth-order valence-corrected chi connectivity index (χ4v) is 5.10. The maximum absolute atomic E-state index is 13.1. The van der Waals surface area contributed by atoms with Crippen LogP contribution < -0.4 is 19.9 Å². The molecule has 11 heteroatoms. The number of nitrogens with zero attached hydrogens (tertiary/aromatic N) is 2. The van der Waals surface area contributed by atoms with Gasteiger partial charge in [0.1, 0.15) is 5.75 Å². The third-order valence-corrected chi connectivity index (χ3v) is 7.35. The van der Waals surface area contributed by atoms with Crippen LogP contribution in [0.25, 0.3) is 0 Å². The quantitative estimate of drug-likeness (QED) is 0.656. The maximum atomic E-state index is 13.1. The summed E-state index contributed by atoms with van der Waals surface area (Å²) in [6.45, 7) is 1.46. The maximum Gasteiger partial charge on any atom is 0.260 e. The van der Waals surface area contributed by atoms with Crippen LogP contribution in [0.2, 0.25) is 0 Å². The minimum atomic E-state index is -3.75. The standard InChI is InChI=1S/C22H25N3O7S/c23-22(27)17-4-1-2-5-18(17)32-15-21(26)24-8-10-25(11-9-24)33(28,29)16-6-7-19-20(14-16)31-13-3-12-30-19/h1-2,4-7,14H,3,8-13,15H2,(H2,23,27). The van der Waals surface area contributed by atoms with Crippen LogP contribution in [0, 0.1) is 0 Å². The number of rotatable bonds is 6. The second kappa shape index (κ2) is 9.67. The summed E-state index contributed by atoms with van der Waals surface area (Å²) in [6.07, 6.45) is 0.727. The van der Waals surface area contributed by atoms with Crippen LogP contribution in [-0.2, 0) is 14.8 Å². The van der Waals surface area contributed by atoms with Gasteiger partial charge in [0.05, 0.1) is 23.7 Å². The van der Waals surface area contributed by atoms with Crippen LogP contribution in [-0.4, -0.2) is 75.4 Å². The number of carbonyl (C=O) groups excluding carboxylic acids is 2. The van der Waals surface area contributed by atoms with Gasteiger partial charge in [-0.3, -0.25) is 9.59 Å². The first-order valence-corrected chi connectivity index (χ1v) is 12.0. The van der Waals surface area contributed by atoms with Crippen molar-refractivity contribution in [3.05, 3.63) is 48.0 Å². The summed E-state index contributed by atoms with van der Waals surface area (Å²) in [6, 6.07) is 11.0. The second-order valence-corrected chi connectivity index (χ2v) is 9.53. The summed E-state index contributed by atoms with van der Waals surface area (Å²) < 4.78 is 44.2. The number of carbonyl (C=O) groups is 2. The molecule has 2 aromatic rings. The molecule has 0 aromatic heterocycles. The zero-order valence-electron chi connectivity index (χ0n) is 17.9. The van der Waals surface area contributed by atoms with Gasteiger partial charge in [0.15, 0.2) is 18.1 Å². The number of piperazine rings is 1. The molecule has 4 rings (SSSR count). The lowest BCUT2D eigenvalue weighted by Crippen LogP contribution is -2.51. The summed E-state index contributed by atoms with van der Waals surface area (Å²) in [5.74, 6) is 0.220. The number of sulfonamides is 1. The average Bonchev–Trinajstić information content (AvgIpc) is 3.07. The molecular weight excluding hydrogens is 450 g/mol. The monoisotopic (exact) mass is 475 g/mol. The molecule has 0 spiro atoms. The highest BCUT2D eigenvalue weighted by atomic mass is 32.2. The van der Waals surface area contributed by atoms with Gasteiger partial charge < -0.3 is 24.8 Å². The lowest BCUT2D eigenvalue weighted by atomic mass is 10.2. The number of amides is 2. The highest BCUT2D eigenvalue weighted by Crippen LogP contribution is 2.33. The Labute approximate surface area is 191 Å². The molecule has 176 valence electrons. The molecule has 0 unspecified atom stereocenters. The SMILES string of the molecule is NC(=O)c1ccccc1OCC(=O)N1CCN(S(=O)(=O)c2ccc3c(c2)OCCCO3)CC1. The van der Waals surface area contributed by atoms with Crippen LogP contribution in [0.3, 0.4) is 0 Å². The van der Waals surface area contributed by atoms with E-state index in [4.69, 9.17) is 19.9 Å². The third-order valence-electron chi connectivity index (χ3n) is 5.45. The molecule has 2 N–H and O–H groups in total. The first kappa shape index (κ1) is 22.9. The molecule has 0 aliphatic carbocycles. The topological polar surface area (TPSA) is 128 Å². The fourth-order valence-electron chi connectivity index (χ4n) is 3.66. The zero-order valence-corrected chi connectivity index (χ0v) is 18.8.